The van der Waals surface area contributed by atoms with Gasteiger partial charge in [0.1, 0.15) is 0 Å². The molecule has 0 saturated carbocycles. The highest BCUT2D eigenvalue weighted by molar-refractivity contribution is 9.10. The van der Waals surface area contributed by atoms with Crippen molar-refractivity contribution in [2.45, 2.75) is 24.4 Å². The Kier molecular flexibility index (Phi) is 4.39. The molecule has 6 nitrogen and oxygen atoms in total. The maximum Gasteiger partial charge on any atom is 0.261 e. The number of aryl methyl sites for hydroxylation is 1. The second-order valence-corrected chi connectivity index (χ2v) is 7.27. The summed E-state index contributed by atoms with van der Waals surface area (Å²) in [5.74, 6) is 0. The van der Waals surface area contributed by atoms with E-state index in [0.29, 0.717) is 6.42 Å². The zero-order valence-corrected chi connectivity index (χ0v) is 13.6. The first-order valence-electron chi connectivity index (χ1n) is 5.56. The second-order valence-electron chi connectivity index (χ2n) is 3.91. The quantitative estimate of drug-likeness (QED) is 0.880. The summed E-state index contributed by atoms with van der Waals surface area (Å²) >= 11 is 4.63. The van der Waals surface area contributed by atoms with E-state index in [0.717, 1.165) is 4.88 Å². The van der Waals surface area contributed by atoms with Crippen LogP contribution in [-0.2, 0) is 17.1 Å². The van der Waals surface area contributed by atoms with E-state index in [-0.39, 0.29) is 15.7 Å². The summed E-state index contributed by atoms with van der Waals surface area (Å²) in [6.45, 7) is 1.93. The van der Waals surface area contributed by atoms with Crippen LogP contribution in [0.2, 0.25) is 0 Å². The van der Waals surface area contributed by atoms with Gasteiger partial charge in [0.2, 0.25) is 5.03 Å². The number of thiophene rings is 1. The highest BCUT2D eigenvalue weighted by Gasteiger charge is 2.27. The molecule has 0 fully saturated rings. The molecule has 0 saturated heterocycles. The highest BCUT2D eigenvalue weighted by atomic mass is 79.9. The molecule has 9 heteroatoms. The van der Waals surface area contributed by atoms with Gasteiger partial charge < -0.3 is 0 Å². The van der Waals surface area contributed by atoms with Crippen LogP contribution in [0.25, 0.3) is 0 Å². The van der Waals surface area contributed by atoms with Crippen LogP contribution >= 0.6 is 27.3 Å². The van der Waals surface area contributed by atoms with Gasteiger partial charge in [-0.15, -0.1) is 16.4 Å². The first-order valence-corrected chi connectivity index (χ1v) is 8.72. The number of nitrogens with one attached hydrogen (secondary N) is 1. The molecule has 0 radical (unpaired) electrons. The number of aromatic nitrogens is 3. The van der Waals surface area contributed by atoms with Crippen LogP contribution < -0.4 is 4.72 Å². The van der Waals surface area contributed by atoms with Gasteiger partial charge in [0, 0.05) is 11.9 Å². The first-order chi connectivity index (χ1) is 8.95. The predicted molar refractivity (Wildman–Crippen MR) is 76.4 cm³/mol. The Bertz CT molecular complexity index is 632. The molecule has 104 valence electrons. The zero-order chi connectivity index (χ0) is 14.0. The molecule has 19 heavy (non-hydrogen) atoms. The van der Waals surface area contributed by atoms with Gasteiger partial charge in [0.25, 0.3) is 10.0 Å². The van der Waals surface area contributed by atoms with Crippen LogP contribution in [0.1, 0.15) is 24.3 Å². The van der Waals surface area contributed by atoms with Gasteiger partial charge in [-0.2, -0.15) is 0 Å². The Morgan fingerprint density at radius 3 is 2.79 bits per heavy atom. The number of hydrogen-bond donors (Lipinski definition) is 1. The molecule has 2 rings (SSSR count). The number of nitrogens with zero attached hydrogens (tertiary/aromatic N) is 3. The van der Waals surface area contributed by atoms with E-state index in [1.165, 1.54) is 16.0 Å². The summed E-state index contributed by atoms with van der Waals surface area (Å²) < 4.78 is 28.8. The molecular weight excluding hydrogens is 352 g/mol. The third-order valence-electron chi connectivity index (χ3n) is 2.58. The van der Waals surface area contributed by atoms with Crippen molar-refractivity contribution in [3.05, 3.63) is 27.0 Å². The number of halogens is 1. The lowest BCUT2D eigenvalue weighted by molar-refractivity contribution is 0.537. The van der Waals surface area contributed by atoms with Crippen molar-refractivity contribution >= 4 is 37.3 Å². The number of sulfonamides is 1. The van der Waals surface area contributed by atoms with E-state index in [1.54, 1.807) is 7.05 Å². The largest absolute Gasteiger partial charge is 0.261 e. The van der Waals surface area contributed by atoms with Gasteiger partial charge in [-0.3, -0.25) is 0 Å². The molecule has 1 unspecified atom stereocenters. The Balaban J connectivity index is 2.31. The molecule has 1 atom stereocenters. The van der Waals surface area contributed by atoms with Crippen LogP contribution in [0, 0.1) is 0 Å². The molecule has 0 aliphatic heterocycles. The lowest BCUT2D eigenvalue weighted by atomic mass is 10.2. The van der Waals surface area contributed by atoms with Crippen LogP contribution in [0.3, 0.4) is 0 Å². The summed E-state index contributed by atoms with van der Waals surface area (Å²) in [7, 11) is -2.13. The van der Waals surface area contributed by atoms with E-state index in [9.17, 15) is 8.42 Å². The molecule has 2 heterocycles. The topological polar surface area (TPSA) is 76.9 Å². The Hall–Kier alpha value is -0.770. The summed E-state index contributed by atoms with van der Waals surface area (Å²) in [6, 6.07) is 3.57. The van der Waals surface area contributed by atoms with E-state index >= 15 is 0 Å². The fraction of sp³-hybridized carbons (Fsp3) is 0.400. The molecule has 2 aromatic rings. The molecule has 1 N–H and O–H groups in total. The van der Waals surface area contributed by atoms with Crippen LogP contribution in [0.15, 0.2) is 27.1 Å². The van der Waals surface area contributed by atoms with Gasteiger partial charge in [-0.25, -0.2) is 17.8 Å². The monoisotopic (exact) mass is 364 g/mol. The summed E-state index contributed by atoms with van der Waals surface area (Å²) in [6.07, 6.45) is 0.669. The SMILES string of the molecule is CCC(NS(=O)(=O)c1c(Br)nnn1C)c1cccs1. The molecule has 0 aliphatic rings. The predicted octanol–water partition coefficient (Wildman–Crippen LogP) is 2.07. The number of rotatable bonds is 5. The van der Waals surface area contributed by atoms with Crippen molar-refractivity contribution < 1.29 is 8.42 Å². The molecule has 0 aromatic carbocycles. The van der Waals surface area contributed by atoms with Gasteiger partial charge in [0.15, 0.2) is 4.60 Å². The van der Waals surface area contributed by atoms with Gasteiger partial charge >= 0.3 is 0 Å². The van der Waals surface area contributed by atoms with Crippen molar-refractivity contribution in [3.8, 4) is 0 Å². The fourth-order valence-corrected chi connectivity index (χ4v) is 5.01. The van der Waals surface area contributed by atoms with Crippen LogP contribution in [0.4, 0.5) is 0 Å². The van der Waals surface area contributed by atoms with Gasteiger partial charge in [-0.05, 0) is 33.8 Å². The van der Waals surface area contributed by atoms with E-state index in [2.05, 4.69) is 31.0 Å². The Morgan fingerprint density at radius 2 is 2.32 bits per heavy atom. The lowest BCUT2D eigenvalue weighted by Gasteiger charge is -2.15. The summed E-state index contributed by atoms with van der Waals surface area (Å²) in [5, 5.41) is 9.33. The lowest BCUT2D eigenvalue weighted by Crippen LogP contribution is -2.29. The molecule has 2 aromatic heterocycles. The average Bonchev–Trinajstić information content (AvgIpc) is 2.96. The summed E-state index contributed by atoms with van der Waals surface area (Å²) in [5.41, 5.74) is 0. The van der Waals surface area contributed by atoms with Crippen molar-refractivity contribution in [2.75, 3.05) is 0 Å². The van der Waals surface area contributed by atoms with E-state index < -0.39 is 10.0 Å². The Labute approximate surface area is 124 Å². The minimum Gasteiger partial charge on any atom is -0.235 e. The van der Waals surface area contributed by atoms with Crippen molar-refractivity contribution in [3.63, 3.8) is 0 Å². The molecular formula is C10H13BrN4O2S2. The van der Waals surface area contributed by atoms with E-state index in [4.69, 9.17) is 0 Å². The number of hydrogen-bond acceptors (Lipinski definition) is 5. The molecule has 0 spiro atoms. The highest BCUT2D eigenvalue weighted by Crippen LogP contribution is 2.25. The zero-order valence-electron chi connectivity index (χ0n) is 10.4. The first kappa shape index (κ1) is 14.6. The normalized spacial score (nSPS) is 13.6. The second kappa shape index (κ2) is 5.70. The standard InChI is InChI=1S/C10H13BrN4O2S2/c1-3-7(8-5-4-6-18-8)13-19(16,17)10-9(11)12-14-15(10)2/h4-7,13H,3H2,1-2H3. The average molecular weight is 365 g/mol. The van der Waals surface area contributed by atoms with Crippen molar-refractivity contribution in [1.29, 1.82) is 0 Å². The van der Waals surface area contributed by atoms with E-state index in [1.807, 2.05) is 24.4 Å². The van der Waals surface area contributed by atoms with Crippen LogP contribution in [-0.4, -0.2) is 23.4 Å². The smallest absolute Gasteiger partial charge is 0.235 e. The maximum atomic E-state index is 12.4. The van der Waals surface area contributed by atoms with Crippen molar-refractivity contribution in [2.24, 2.45) is 7.05 Å². The van der Waals surface area contributed by atoms with Gasteiger partial charge in [-0.1, -0.05) is 18.2 Å². The Morgan fingerprint density at radius 1 is 1.58 bits per heavy atom. The third kappa shape index (κ3) is 3.04. The minimum absolute atomic E-state index is 0.0301. The van der Waals surface area contributed by atoms with Crippen LogP contribution in [0.5, 0.6) is 0 Å². The summed E-state index contributed by atoms with van der Waals surface area (Å²) in [4.78, 5) is 0.984. The fourth-order valence-electron chi connectivity index (χ4n) is 1.68. The van der Waals surface area contributed by atoms with Crippen molar-refractivity contribution in [1.82, 2.24) is 19.7 Å². The molecule has 0 aliphatic carbocycles. The van der Waals surface area contributed by atoms with Gasteiger partial charge in [0.05, 0.1) is 6.04 Å². The molecule has 0 amide bonds. The maximum absolute atomic E-state index is 12.4. The third-order valence-corrected chi connectivity index (χ3v) is 5.93. The molecule has 0 bridgehead atoms. The minimum atomic E-state index is -3.67.